The van der Waals surface area contributed by atoms with Gasteiger partial charge in [-0.25, -0.2) is 13.1 Å². The van der Waals surface area contributed by atoms with E-state index in [1.54, 1.807) is 6.07 Å². The van der Waals surface area contributed by atoms with Crippen LogP contribution in [-0.2, 0) is 16.6 Å². The van der Waals surface area contributed by atoms with E-state index in [9.17, 15) is 8.42 Å². The third-order valence-corrected chi connectivity index (χ3v) is 5.64. The minimum atomic E-state index is -3.33. The van der Waals surface area contributed by atoms with E-state index in [4.69, 9.17) is 0 Å². The van der Waals surface area contributed by atoms with Crippen LogP contribution < -0.4 is 10.0 Å². The first-order valence-corrected chi connectivity index (χ1v) is 8.93. The minimum Gasteiger partial charge on any atom is -0.310 e. The van der Waals surface area contributed by atoms with Gasteiger partial charge in [0.25, 0.3) is 0 Å². The molecule has 0 aliphatic heterocycles. The average molecular weight is 304 g/mol. The van der Waals surface area contributed by atoms with Crippen molar-refractivity contribution in [3.05, 3.63) is 17.0 Å². The van der Waals surface area contributed by atoms with Crippen LogP contribution in [0.2, 0.25) is 0 Å². The summed E-state index contributed by atoms with van der Waals surface area (Å²) in [5.74, 6) is 0.497. The van der Waals surface area contributed by atoms with Gasteiger partial charge in [0.05, 0.1) is 0 Å². The molecule has 1 rings (SSSR count). The Bertz CT molecular complexity index is 479. The summed E-state index contributed by atoms with van der Waals surface area (Å²) in [5, 5.41) is 3.28. The monoisotopic (exact) mass is 304 g/mol. The SMILES string of the molecule is CC(C)CCNS(=O)(=O)c1ccc(CNC(C)C)s1. The van der Waals surface area contributed by atoms with E-state index in [0.29, 0.717) is 29.3 Å². The molecule has 1 aromatic rings. The van der Waals surface area contributed by atoms with Crippen molar-refractivity contribution in [2.45, 2.75) is 50.9 Å². The minimum absolute atomic E-state index is 0.395. The molecule has 19 heavy (non-hydrogen) atoms. The van der Waals surface area contributed by atoms with Crippen LogP contribution >= 0.6 is 11.3 Å². The molecule has 0 fully saturated rings. The fourth-order valence-corrected chi connectivity index (χ4v) is 3.85. The molecule has 1 aromatic heterocycles. The molecule has 0 aromatic carbocycles. The molecule has 110 valence electrons. The van der Waals surface area contributed by atoms with Gasteiger partial charge in [-0.1, -0.05) is 27.7 Å². The first kappa shape index (κ1) is 16.6. The Labute approximate surface area is 120 Å². The molecule has 0 radical (unpaired) electrons. The molecule has 1 heterocycles. The van der Waals surface area contributed by atoms with Crippen LogP contribution in [0.3, 0.4) is 0 Å². The molecule has 0 atom stereocenters. The second-order valence-electron chi connectivity index (χ2n) is 5.34. The molecule has 6 heteroatoms. The Morgan fingerprint density at radius 3 is 2.47 bits per heavy atom. The maximum absolute atomic E-state index is 12.0. The average Bonchev–Trinajstić information content (AvgIpc) is 2.74. The van der Waals surface area contributed by atoms with Crippen molar-refractivity contribution in [2.75, 3.05) is 6.54 Å². The second kappa shape index (κ2) is 7.38. The van der Waals surface area contributed by atoms with E-state index in [-0.39, 0.29) is 0 Å². The molecule has 0 unspecified atom stereocenters. The summed E-state index contributed by atoms with van der Waals surface area (Å²) in [6, 6.07) is 3.95. The van der Waals surface area contributed by atoms with E-state index in [1.807, 2.05) is 6.07 Å². The molecule has 0 bridgehead atoms. The maximum Gasteiger partial charge on any atom is 0.250 e. The van der Waals surface area contributed by atoms with E-state index >= 15 is 0 Å². The molecule has 0 saturated heterocycles. The molecule has 0 saturated carbocycles. The summed E-state index contributed by atoms with van der Waals surface area (Å²) in [6.45, 7) is 9.50. The predicted molar refractivity (Wildman–Crippen MR) is 80.9 cm³/mol. The highest BCUT2D eigenvalue weighted by Gasteiger charge is 2.16. The Morgan fingerprint density at radius 2 is 1.89 bits per heavy atom. The van der Waals surface area contributed by atoms with Crippen molar-refractivity contribution in [2.24, 2.45) is 5.92 Å². The van der Waals surface area contributed by atoms with Crippen molar-refractivity contribution in [1.82, 2.24) is 10.0 Å². The second-order valence-corrected chi connectivity index (χ2v) is 8.50. The Kier molecular flexibility index (Phi) is 6.46. The van der Waals surface area contributed by atoms with Gasteiger partial charge in [0.1, 0.15) is 4.21 Å². The van der Waals surface area contributed by atoms with Gasteiger partial charge in [0.2, 0.25) is 10.0 Å². The molecular formula is C13H24N2O2S2. The molecule has 0 spiro atoms. The van der Waals surface area contributed by atoms with Gasteiger partial charge in [0, 0.05) is 24.0 Å². The highest BCUT2D eigenvalue weighted by Crippen LogP contribution is 2.21. The van der Waals surface area contributed by atoms with Crippen molar-refractivity contribution in [3.63, 3.8) is 0 Å². The Balaban J connectivity index is 2.58. The summed E-state index contributed by atoms with van der Waals surface area (Å²) in [7, 11) is -3.33. The first-order valence-electron chi connectivity index (χ1n) is 6.63. The predicted octanol–water partition coefficient (Wildman–Crippen LogP) is 2.57. The molecule has 0 aliphatic carbocycles. The van der Waals surface area contributed by atoms with Gasteiger partial charge in [-0.2, -0.15) is 0 Å². The van der Waals surface area contributed by atoms with Gasteiger partial charge < -0.3 is 5.32 Å². The smallest absolute Gasteiger partial charge is 0.250 e. The molecule has 0 aliphatic rings. The van der Waals surface area contributed by atoms with E-state index in [0.717, 1.165) is 11.3 Å². The number of thiophene rings is 1. The zero-order chi connectivity index (χ0) is 14.5. The van der Waals surface area contributed by atoms with Gasteiger partial charge in [-0.15, -0.1) is 11.3 Å². The highest BCUT2D eigenvalue weighted by molar-refractivity contribution is 7.91. The van der Waals surface area contributed by atoms with Gasteiger partial charge in [0.15, 0.2) is 0 Å². The molecular weight excluding hydrogens is 280 g/mol. The lowest BCUT2D eigenvalue weighted by molar-refractivity contribution is 0.553. The molecule has 4 nitrogen and oxygen atoms in total. The third kappa shape index (κ3) is 6.03. The van der Waals surface area contributed by atoms with Crippen LogP contribution in [-0.4, -0.2) is 21.0 Å². The Hall–Kier alpha value is -0.430. The Morgan fingerprint density at radius 1 is 1.21 bits per heavy atom. The standard InChI is InChI=1S/C13H24N2O2S2/c1-10(2)7-8-15-19(16,17)13-6-5-12(18-13)9-14-11(3)4/h5-6,10-11,14-15H,7-9H2,1-4H3. The van der Waals surface area contributed by atoms with Crippen LogP contribution in [0.5, 0.6) is 0 Å². The van der Waals surface area contributed by atoms with Crippen LogP contribution in [0.1, 0.15) is 39.0 Å². The largest absolute Gasteiger partial charge is 0.310 e. The number of hydrogen-bond donors (Lipinski definition) is 2. The third-order valence-electron chi connectivity index (χ3n) is 2.60. The van der Waals surface area contributed by atoms with E-state index < -0.39 is 10.0 Å². The quantitative estimate of drug-likeness (QED) is 0.776. The van der Waals surface area contributed by atoms with Crippen LogP contribution in [0.15, 0.2) is 16.3 Å². The van der Waals surface area contributed by atoms with Crippen molar-refractivity contribution < 1.29 is 8.42 Å². The summed E-state index contributed by atoms with van der Waals surface area (Å²) in [5.41, 5.74) is 0. The fourth-order valence-electron chi connectivity index (χ4n) is 1.46. The van der Waals surface area contributed by atoms with E-state index in [2.05, 4.69) is 37.7 Å². The number of rotatable bonds is 8. The normalized spacial score (nSPS) is 12.5. The highest BCUT2D eigenvalue weighted by atomic mass is 32.2. The van der Waals surface area contributed by atoms with Crippen LogP contribution in [0, 0.1) is 5.92 Å². The summed E-state index contributed by atoms with van der Waals surface area (Å²) < 4.78 is 27.1. The van der Waals surface area contributed by atoms with Crippen molar-refractivity contribution >= 4 is 21.4 Å². The lowest BCUT2D eigenvalue weighted by Gasteiger charge is -2.07. The summed E-state index contributed by atoms with van der Waals surface area (Å²) in [6.07, 6.45) is 0.854. The topological polar surface area (TPSA) is 58.2 Å². The first-order chi connectivity index (χ1) is 8.81. The van der Waals surface area contributed by atoms with E-state index in [1.165, 1.54) is 11.3 Å². The van der Waals surface area contributed by atoms with Crippen molar-refractivity contribution in [3.8, 4) is 0 Å². The zero-order valence-corrected chi connectivity index (χ0v) is 13.7. The van der Waals surface area contributed by atoms with Gasteiger partial charge in [-0.05, 0) is 24.5 Å². The summed E-state index contributed by atoms with van der Waals surface area (Å²) >= 11 is 1.33. The maximum atomic E-state index is 12.0. The summed E-state index contributed by atoms with van der Waals surface area (Å²) in [4.78, 5) is 1.04. The zero-order valence-electron chi connectivity index (χ0n) is 12.1. The molecule has 2 N–H and O–H groups in total. The van der Waals surface area contributed by atoms with Gasteiger partial charge >= 0.3 is 0 Å². The molecule has 0 amide bonds. The number of hydrogen-bond acceptors (Lipinski definition) is 4. The van der Waals surface area contributed by atoms with Crippen molar-refractivity contribution in [1.29, 1.82) is 0 Å². The lowest BCUT2D eigenvalue weighted by atomic mass is 10.1. The lowest BCUT2D eigenvalue weighted by Crippen LogP contribution is -2.24. The van der Waals surface area contributed by atoms with Gasteiger partial charge in [-0.3, -0.25) is 0 Å². The van der Waals surface area contributed by atoms with Crippen LogP contribution in [0.4, 0.5) is 0 Å². The number of nitrogens with one attached hydrogen (secondary N) is 2. The fraction of sp³-hybridized carbons (Fsp3) is 0.692. The van der Waals surface area contributed by atoms with Crippen LogP contribution in [0.25, 0.3) is 0 Å². The number of sulfonamides is 1.